The minimum absolute atomic E-state index is 0.318. The lowest BCUT2D eigenvalue weighted by molar-refractivity contribution is -0.0691. The second kappa shape index (κ2) is 5.14. The summed E-state index contributed by atoms with van der Waals surface area (Å²) in [4.78, 5) is 2.59. The minimum atomic E-state index is 0.318. The highest BCUT2D eigenvalue weighted by Gasteiger charge is 2.32. The number of aromatic hydroxyl groups is 1. The van der Waals surface area contributed by atoms with Crippen LogP contribution in [0.25, 0.3) is 0 Å². The minimum Gasteiger partial charge on any atom is -0.508 e. The summed E-state index contributed by atoms with van der Waals surface area (Å²) in [5, 5.41) is 9.65. The molecule has 1 aromatic rings. The third-order valence-corrected chi connectivity index (χ3v) is 4.47. The number of fused-ring (bicyclic) bond motifs is 1. The fraction of sp³-hybridized carbons (Fsp3) is 0.625. The van der Waals surface area contributed by atoms with Gasteiger partial charge in [-0.05, 0) is 56.4 Å². The molecule has 1 aliphatic heterocycles. The van der Waals surface area contributed by atoms with Crippen LogP contribution in [0.2, 0.25) is 0 Å². The van der Waals surface area contributed by atoms with Crippen LogP contribution < -0.4 is 0 Å². The number of ether oxygens (including phenoxy) is 1. The van der Waals surface area contributed by atoms with E-state index in [0.717, 1.165) is 19.6 Å². The van der Waals surface area contributed by atoms with Gasteiger partial charge in [-0.25, -0.2) is 0 Å². The molecule has 1 aliphatic carbocycles. The van der Waals surface area contributed by atoms with E-state index in [1.54, 1.807) is 0 Å². The van der Waals surface area contributed by atoms with Crippen molar-refractivity contribution in [2.45, 2.75) is 51.3 Å². The van der Waals surface area contributed by atoms with Crippen LogP contribution in [0.4, 0.5) is 0 Å². The van der Waals surface area contributed by atoms with E-state index in [-0.39, 0.29) is 0 Å². The summed E-state index contributed by atoms with van der Waals surface area (Å²) < 4.78 is 5.74. The summed E-state index contributed by atoms with van der Waals surface area (Å²) in [7, 11) is 0. The van der Waals surface area contributed by atoms with Gasteiger partial charge in [-0.15, -0.1) is 0 Å². The quantitative estimate of drug-likeness (QED) is 0.843. The van der Waals surface area contributed by atoms with E-state index in [9.17, 15) is 5.11 Å². The second-order valence-corrected chi connectivity index (χ2v) is 5.98. The number of hydrogen-bond acceptors (Lipinski definition) is 3. The summed E-state index contributed by atoms with van der Waals surface area (Å²) in [5.74, 6) is 0.391. The summed E-state index contributed by atoms with van der Waals surface area (Å²) in [6, 6.07) is 6.84. The number of nitrogens with zero attached hydrogens (tertiary/aromatic N) is 1. The first-order valence-corrected chi connectivity index (χ1v) is 7.34. The third kappa shape index (κ3) is 2.49. The predicted octanol–water partition coefficient (Wildman–Crippen LogP) is 2.88. The van der Waals surface area contributed by atoms with Crippen molar-refractivity contribution in [3.8, 4) is 5.75 Å². The van der Waals surface area contributed by atoms with Gasteiger partial charge in [0.1, 0.15) is 5.75 Å². The van der Waals surface area contributed by atoms with Gasteiger partial charge in [-0.1, -0.05) is 6.07 Å². The van der Waals surface area contributed by atoms with Crippen LogP contribution >= 0.6 is 0 Å². The molecule has 0 spiro atoms. The molecule has 0 radical (unpaired) electrons. The summed E-state index contributed by atoms with van der Waals surface area (Å²) in [5.41, 5.74) is 2.73. The Morgan fingerprint density at radius 2 is 2.16 bits per heavy atom. The highest BCUT2D eigenvalue weighted by atomic mass is 16.5. The molecule has 0 amide bonds. The molecule has 0 bridgehead atoms. The fourth-order valence-electron chi connectivity index (χ4n) is 3.48. The van der Waals surface area contributed by atoms with Crippen LogP contribution in [0.5, 0.6) is 5.75 Å². The van der Waals surface area contributed by atoms with Crippen molar-refractivity contribution in [1.29, 1.82) is 0 Å². The first-order chi connectivity index (χ1) is 9.15. The van der Waals surface area contributed by atoms with E-state index in [1.165, 1.54) is 24.0 Å². The molecule has 1 aromatic carbocycles. The maximum absolute atomic E-state index is 9.65. The molecule has 3 heteroatoms. The highest BCUT2D eigenvalue weighted by Crippen LogP contribution is 2.37. The summed E-state index contributed by atoms with van der Waals surface area (Å²) >= 11 is 0. The Hall–Kier alpha value is -1.06. The van der Waals surface area contributed by atoms with Gasteiger partial charge in [0, 0.05) is 18.6 Å². The molecule has 0 saturated carbocycles. The Morgan fingerprint density at radius 1 is 1.32 bits per heavy atom. The lowest BCUT2D eigenvalue weighted by atomic mass is 9.85. The molecule has 3 atom stereocenters. The third-order valence-electron chi connectivity index (χ3n) is 4.47. The monoisotopic (exact) mass is 261 g/mol. The van der Waals surface area contributed by atoms with E-state index < -0.39 is 0 Å². The van der Waals surface area contributed by atoms with Crippen molar-refractivity contribution in [3.05, 3.63) is 29.3 Å². The van der Waals surface area contributed by atoms with E-state index in [0.29, 0.717) is 23.9 Å². The average molecular weight is 261 g/mol. The summed E-state index contributed by atoms with van der Waals surface area (Å²) in [6.07, 6.45) is 3.84. The Labute approximate surface area is 115 Å². The number of morpholine rings is 1. The topological polar surface area (TPSA) is 32.7 Å². The molecule has 1 saturated heterocycles. The van der Waals surface area contributed by atoms with Crippen molar-refractivity contribution >= 4 is 0 Å². The van der Waals surface area contributed by atoms with Gasteiger partial charge in [0.25, 0.3) is 0 Å². The zero-order valence-corrected chi connectivity index (χ0v) is 11.8. The SMILES string of the molecule is CC1CN(C2CCCc3cc(O)ccc32)C(C)CO1. The normalized spacial score (nSPS) is 32.0. The number of hydrogen-bond donors (Lipinski definition) is 1. The van der Waals surface area contributed by atoms with Crippen molar-refractivity contribution < 1.29 is 9.84 Å². The molecule has 1 N–H and O–H groups in total. The van der Waals surface area contributed by atoms with Crippen molar-refractivity contribution in [2.75, 3.05) is 13.2 Å². The van der Waals surface area contributed by atoms with Crippen LogP contribution in [0.3, 0.4) is 0 Å². The van der Waals surface area contributed by atoms with Gasteiger partial charge in [-0.2, -0.15) is 0 Å². The molecule has 104 valence electrons. The molecule has 1 fully saturated rings. The van der Waals surface area contributed by atoms with Crippen molar-refractivity contribution in [3.63, 3.8) is 0 Å². The van der Waals surface area contributed by atoms with Crippen LogP contribution in [-0.2, 0) is 11.2 Å². The van der Waals surface area contributed by atoms with Crippen LogP contribution in [0, 0.1) is 0 Å². The smallest absolute Gasteiger partial charge is 0.115 e. The van der Waals surface area contributed by atoms with Crippen LogP contribution in [0.15, 0.2) is 18.2 Å². The molecule has 3 nitrogen and oxygen atoms in total. The van der Waals surface area contributed by atoms with Gasteiger partial charge in [-0.3, -0.25) is 4.90 Å². The van der Waals surface area contributed by atoms with Crippen molar-refractivity contribution in [1.82, 2.24) is 4.90 Å². The molecule has 3 unspecified atom stereocenters. The molecular weight excluding hydrogens is 238 g/mol. The molecule has 2 aliphatic rings. The Bertz CT molecular complexity index is 460. The number of phenolic OH excluding ortho intramolecular Hbond substituents is 1. The standard InChI is InChI=1S/C16H23NO2/c1-11-10-19-12(2)9-17(11)16-5-3-4-13-8-14(18)6-7-15(13)16/h6-8,11-12,16,18H,3-5,9-10H2,1-2H3. The van der Waals surface area contributed by atoms with Gasteiger partial charge >= 0.3 is 0 Å². The molecule has 0 aromatic heterocycles. The number of rotatable bonds is 1. The maximum atomic E-state index is 9.65. The number of aryl methyl sites for hydroxylation is 1. The summed E-state index contributed by atoms with van der Waals surface area (Å²) in [6.45, 7) is 6.23. The van der Waals surface area contributed by atoms with Crippen LogP contribution in [-0.4, -0.2) is 35.3 Å². The van der Waals surface area contributed by atoms with E-state index in [1.807, 2.05) is 12.1 Å². The van der Waals surface area contributed by atoms with E-state index in [4.69, 9.17) is 4.74 Å². The van der Waals surface area contributed by atoms with Gasteiger partial charge in [0.2, 0.25) is 0 Å². The Kier molecular flexibility index (Phi) is 3.50. The molecule has 3 rings (SSSR count). The average Bonchev–Trinajstić information content (AvgIpc) is 2.40. The van der Waals surface area contributed by atoms with Crippen molar-refractivity contribution in [2.24, 2.45) is 0 Å². The molecule has 19 heavy (non-hydrogen) atoms. The van der Waals surface area contributed by atoms with E-state index in [2.05, 4.69) is 24.8 Å². The highest BCUT2D eigenvalue weighted by molar-refractivity contribution is 5.38. The maximum Gasteiger partial charge on any atom is 0.115 e. The number of phenols is 1. The predicted molar refractivity (Wildman–Crippen MR) is 75.4 cm³/mol. The van der Waals surface area contributed by atoms with Crippen LogP contribution in [0.1, 0.15) is 43.9 Å². The lowest BCUT2D eigenvalue weighted by Gasteiger charge is -2.44. The molecule has 1 heterocycles. The Morgan fingerprint density at radius 3 is 3.00 bits per heavy atom. The van der Waals surface area contributed by atoms with E-state index >= 15 is 0 Å². The second-order valence-electron chi connectivity index (χ2n) is 5.98. The fourth-order valence-corrected chi connectivity index (χ4v) is 3.48. The Balaban J connectivity index is 1.90. The van der Waals surface area contributed by atoms with Gasteiger partial charge in [0.05, 0.1) is 12.7 Å². The zero-order valence-electron chi connectivity index (χ0n) is 11.8. The first-order valence-electron chi connectivity index (χ1n) is 7.34. The molecular formula is C16H23NO2. The van der Waals surface area contributed by atoms with Gasteiger partial charge in [0.15, 0.2) is 0 Å². The largest absolute Gasteiger partial charge is 0.508 e. The van der Waals surface area contributed by atoms with Gasteiger partial charge < -0.3 is 9.84 Å². The zero-order chi connectivity index (χ0) is 13.4. The number of benzene rings is 1. The lowest BCUT2D eigenvalue weighted by Crippen LogP contribution is -2.49. The first kappa shape index (κ1) is 12.9.